The molecule has 0 aliphatic heterocycles. The molecule has 0 atom stereocenters. The number of nitrogens with two attached hydrogens (primary N) is 1. The maximum Gasteiger partial charge on any atom is 0.125 e. The molecule has 0 saturated heterocycles. The molecule has 84 valence electrons. The summed E-state index contributed by atoms with van der Waals surface area (Å²) in [5.74, 6) is 1.54. The lowest BCUT2D eigenvalue weighted by molar-refractivity contribution is 0.402. The summed E-state index contributed by atoms with van der Waals surface area (Å²) in [5, 5.41) is 0. The first-order valence-corrected chi connectivity index (χ1v) is 5.56. The number of hydrogen-bond acceptors (Lipinski definition) is 2. The highest BCUT2D eigenvalue weighted by atomic mass is 16.5. The molecule has 0 aliphatic carbocycles. The van der Waals surface area contributed by atoms with Gasteiger partial charge in [-0.25, -0.2) is 0 Å². The molecule has 1 aromatic rings. The molecule has 0 amide bonds. The summed E-state index contributed by atoms with van der Waals surface area (Å²) in [6, 6.07) is 6.36. The lowest BCUT2D eigenvalue weighted by Gasteiger charge is -2.15. The third-order valence-corrected chi connectivity index (χ3v) is 2.60. The topological polar surface area (TPSA) is 35.2 Å². The second-order valence-electron chi connectivity index (χ2n) is 4.09. The van der Waals surface area contributed by atoms with E-state index in [0.717, 1.165) is 25.1 Å². The molecular weight excluding hydrogens is 186 g/mol. The van der Waals surface area contributed by atoms with E-state index in [9.17, 15) is 0 Å². The number of benzene rings is 1. The number of ether oxygens (including phenoxy) is 1. The summed E-state index contributed by atoms with van der Waals surface area (Å²) in [4.78, 5) is 0. The SMILES string of the molecule is COc1c(CCCN)cccc1C(C)C. The second kappa shape index (κ2) is 5.76. The number of para-hydroxylation sites is 1. The van der Waals surface area contributed by atoms with Gasteiger partial charge in [0.15, 0.2) is 0 Å². The van der Waals surface area contributed by atoms with Gasteiger partial charge in [0.2, 0.25) is 0 Å². The van der Waals surface area contributed by atoms with Gasteiger partial charge >= 0.3 is 0 Å². The molecule has 2 nitrogen and oxygen atoms in total. The van der Waals surface area contributed by atoms with Gasteiger partial charge in [-0.3, -0.25) is 0 Å². The predicted molar refractivity (Wildman–Crippen MR) is 64.5 cm³/mol. The smallest absolute Gasteiger partial charge is 0.125 e. The average Bonchev–Trinajstić information content (AvgIpc) is 2.25. The summed E-state index contributed by atoms with van der Waals surface area (Å²) in [7, 11) is 1.74. The van der Waals surface area contributed by atoms with Crippen molar-refractivity contribution in [3.8, 4) is 5.75 Å². The third kappa shape index (κ3) is 2.96. The van der Waals surface area contributed by atoms with Crippen LogP contribution in [0.15, 0.2) is 18.2 Å². The molecule has 2 heteroatoms. The lowest BCUT2D eigenvalue weighted by atomic mass is 9.97. The van der Waals surface area contributed by atoms with E-state index in [4.69, 9.17) is 10.5 Å². The Kier molecular flexibility index (Phi) is 4.63. The van der Waals surface area contributed by atoms with Crippen molar-refractivity contribution in [3.63, 3.8) is 0 Å². The monoisotopic (exact) mass is 207 g/mol. The first-order chi connectivity index (χ1) is 7.20. The fourth-order valence-electron chi connectivity index (χ4n) is 1.80. The minimum atomic E-state index is 0.498. The van der Waals surface area contributed by atoms with Crippen molar-refractivity contribution in [1.82, 2.24) is 0 Å². The average molecular weight is 207 g/mol. The van der Waals surface area contributed by atoms with E-state index >= 15 is 0 Å². The first-order valence-electron chi connectivity index (χ1n) is 5.56. The fraction of sp³-hybridized carbons (Fsp3) is 0.538. The predicted octanol–water partition coefficient (Wildman–Crippen LogP) is 2.71. The summed E-state index contributed by atoms with van der Waals surface area (Å²) in [6.07, 6.45) is 2.01. The van der Waals surface area contributed by atoms with Crippen LogP contribution in [0.3, 0.4) is 0 Å². The molecule has 1 rings (SSSR count). The van der Waals surface area contributed by atoms with Crippen LogP contribution >= 0.6 is 0 Å². The lowest BCUT2D eigenvalue weighted by Crippen LogP contribution is -2.03. The molecule has 15 heavy (non-hydrogen) atoms. The van der Waals surface area contributed by atoms with Crippen molar-refractivity contribution in [2.75, 3.05) is 13.7 Å². The largest absolute Gasteiger partial charge is 0.496 e. The molecule has 0 radical (unpaired) electrons. The van der Waals surface area contributed by atoms with Gasteiger partial charge in [0.05, 0.1) is 7.11 Å². The van der Waals surface area contributed by atoms with Crippen molar-refractivity contribution >= 4 is 0 Å². The van der Waals surface area contributed by atoms with E-state index in [2.05, 4.69) is 32.0 Å². The van der Waals surface area contributed by atoms with Gasteiger partial charge in [-0.15, -0.1) is 0 Å². The normalized spacial score (nSPS) is 10.7. The number of hydrogen-bond donors (Lipinski definition) is 1. The van der Waals surface area contributed by atoms with Crippen LogP contribution in [0, 0.1) is 0 Å². The van der Waals surface area contributed by atoms with E-state index < -0.39 is 0 Å². The molecule has 0 aromatic heterocycles. The molecule has 0 saturated carbocycles. The van der Waals surface area contributed by atoms with Gasteiger partial charge in [0, 0.05) is 0 Å². The maximum atomic E-state index is 5.52. The van der Waals surface area contributed by atoms with E-state index in [-0.39, 0.29) is 0 Å². The molecule has 1 aromatic carbocycles. The number of aryl methyl sites for hydroxylation is 1. The highest BCUT2D eigenvalue weighted by molar-refractivity contribution is 5.43. The molecule has 0 bridgehead atoms. The zero-order chi connectivity index (χ0) is 11.3. The summed E-state index contributed by atoms with van der Waals surface area (Å²) in [6.45, 7) is 5.10. The van der Waals surface area contributed by atoms with Crippen LogP contribution in [-0.2, 0) is 6.42 Å². The molecule has 0 unspecified atom stereocenters. The Morgan fingerprint density at radius 1 is 1.33 bits per heavy atom. The van der Waals surface area contributed by atoms with Crippen LogP contribution in [0.2, 0.25) is 0 Å². The van der Waals surface area contributed by atoms with Gasteiger partial charge in [-0.05, 0) is 36.4 Å². The minimum absolute atomic E-state index is 0.498. The van der Waals surface area contributed by atoms with Crippen LogP contribution in [0.1, 0.15) is 37.3 Å². The second-order valence-corrected chi connectivity index (χ2v) is 4.09. The Bertz CT molecular complexity index is 307. The minimum Gasteiger partial charge on any atom is -0.496 e. The van der Waals surface area contributed by atoms with E-state index in [0.29, 0.717) is 5.92 Å². The summed E-state index contributed by atoms with van der Waals surface area (Å²) >= 11 is 0. The molecule has 0 spiro atoms. The Labute approximate surface area is 92.4 Å². The van der Waals surface area contributed by atoms with Gasteiger partial charge in [0.25, 0.3) is 0 Å². The van der Waals surface area contributed by atoms with Crippen LogP contribution in [-0.4, -0.2) is 13.7 Å². The van der Waals surface area contributed by atoms with Crippen LogP contribution < -0.4 is 10.5 Å². The third-order valence-electron chi connectivity index (χ3n) is 2.60. The molecule has 0 heterocycles. The first kappa shape index (κ1) is 12.1. The van der Waals surface area contributed by atoms with Crippen molar-refractivity contribution in [2.45, 2.75) is 32.6 Å². The van der Waals surface area contributed by atoms with Gasteiger partial charge in [-0.2, -0.15) is 0 Å². The fourth-order valence-corrected chi connectivity index (χ4v) is 1.80. The van der Waals surface area contributed by atoms with E-state index in [1.807, 2.05) is 0 Å². The quantitative estimate of drug-likeness (QED) is 0.805. The van der Waals surface area contributed by atoms with Gasteiger partial charge in [-0.1, -0.05) is 32.0 Å². The Morgan fingerprint density at radius 3 is 2.60 bits per heavy atom. The number of rotatable bonds is 5. The summed E-state index contributed by atoms with van der Waals surface area (Å²) in [5.41, 5.74) is 8.08. The Balaban J connectivity index is 2.99. The molecular formula is C13H21NO. The van der Waals surface area contributed by atoms with Crippen LogP contribution in [0.4, 0.5) is 0 Å². The highest BCUT2D eigenvalue weighted by Crippen LogP contribution is 2.30. The zero-order valence-corrected chi connectivity index (χ0v) is 9.92. The zero-order valence-electron chi connectivity index (χ0n) is 9.92. The summed E-state index contributed by atoms with van der Waals surface area (Å²) < 4.78 is 5.49. The van der Waals surface area contributed by atoms with E-state index in [1.165, 1.54) is 11.1 Å². The maximum absolute atomic E-state index is 5.52. The van der Waals surface area contributed by atoms with Gasteiger partial charge in [0.1, 0.15) is 5.75 Å². The molecule has 0 aliphatic rings. The van der Waals surface area contributed by atoms with Crippen molar-refractivity contribution in [3.05, 3.63) is 29.3 Å². The Morgan fingerprint density at radius 2 is 2.07 bits per heavy atom. The number of methoxy groups -OCH3 is 1. The van der Waals surface area contributed by atoms with Gasteiger partial charge < -0.3 is 10.5 Å². The van der Waals surface area contributed by atoms with E-state index in [1.54, 1.807) is 7.11 Å². The Hall–Kier alpha value is -1.02. The van der Waals surface area contributed by atoms with Crippen molar-refractivity contribution < 1.29 is 4.74 Å². The van der Waals surface area contributed by atoms with Crippen molar-refractivity contribution in [1.29, 1.82) is 0 Å². The van der Waals surface area contributed by atoms with Crippen LogP contribution in [0.25, 0.3) is 0 Å². The van der Waals surface area contributed by atoms with Crippen molar-refractivity contribution in [2.24, 2.45) is 5.73 Å². The molecule has 0 fully saturated rings. The standard InChI is InChI=1S/C13H21NO/c1-10(2)12-8-4-6-11(7-5-9-14)13(12)15-3/h4,6,8,10H,5,7,9,14H2,1-3H3. The highest BCUT2D eigenvalue weighted by Gasteiger charge is 2.10. The molecule has 2 N–H and O–H groups in total. The van der Waals surface area contributed by atoms with Crippen LogP contribution in [0.5, 0.6) is 5.75 Å².